The Bertz CT molecular complexity index is 692. The SMILES string of the molecule is NC(=O)N(N)c1ccc(/N=N/c2ccc(N(N)C(N)=O)cc2)cc1. The van der Waals surface area contributed by atoms with E-state index in [0.717, 1.165) is 10.0 Å². The predicted molar refractivity (Wildman–Crippen MR) is 89.6 cm³/mol. The maximum absolute atomic E-state index is 11.0. The van der Waals surface area contributed by atoms with Gasteiger partial charge in [0.15, 0.2) is 0 Å². The highest BCUT2D eigenvalue weighted by Gasteiger charge is 2.07. The lowest BCUT2D eigenvalue weighted by atomic mass is 10.3. The molecule has 124 valence electrons. The van der Waals surface area contributed by atoms with E-state index in [0.29, 0.717) is 22.7 Å². The molecule has 0 bridgehead atoms. The molecule has 2 aromatic rings. The van der Waals surface area contributed by atoms with Gasteiger partial charge in [-0.05, 0) is 48.5 Å². The van der Waals surface area contributed by atoms with E-state index in [1.165, 1.54) is 0 Å². The summed E-state index contributed by atoms with van der Waals surface area (Å²) < 4.78 is 0. The number of urea groups is 2. The van der Waals surface area contributed by atoms with Crippen LogP contribution < -0.4 is 33.2 Å². The van der Waals surface area contributed by atoms with Crippen molar-refractivity contribution in [2.45, 2.75) is 0 Å². The van der Waals surface area contributed by atoms with Gasteiger partial charge in [0.05, 0.1) is 22.7 Å². The van der Waals surface area contributed by atoms with E-state index in [4.69, 9.17) is 23.2 Å². The second-order valence-electron chi connectivity index (χ2n) is 4.65. The third-order valence-corrected chi connectivity index (χ3v) is 3.01. The van der Waals surface area contributed by atoms with E-state index in [2.05, 4.69) is 10.2 Å². The van der Waals surface area contributed by atoms with Crippen LogP contribution in [0.5, 0.6) is 0 Å². The lowest BCUT2D eigenvalue weighted by molar-refractivity contribution is 0.253. The molecule has 4 amide bonds. The minimum atomic E-state index is -0.769. The van der Waals surface area contributed by atoms with E-state index in [-0.39, 0.29) is 0 Å². The number of hydrazine groups is 2. The molecule has 0 atom stereocenters. The van der Waals surface area contributed by atoms with Crippen LogP contribution in [0.15, 0.2) is 58.8 Å². The molecule has 0 spiro atoms. The number of anilines is 2. The topological polar surface area (TPSA) is 169 Å². The highest BCUT2D eigenvalue weighted by atomic mass is 16.2. The first-order chi connectivity index (χ1) is 11.4. The number of nitrogens with two attached hydrogens (primary N) is 4. The number of rotatable bonds is 4. The maximum Gasteiger partial charge on any atom is 0.333 e. The zero-order chi connectivity index (χ0) is 17.7. The van der Waals surface area contributed by atoms with Gasteiger partial charge in [-0.25, -0.2) is 31.3 Å². The molecular weight excluding hydrogens is 312 g/mol. The summed E-state index contributed by atoms with van der Waals surface area (Å²) in [4.78, 5) is 21.9. The molecule has 0 aliphatic rings. The van der Waals surface area contributed by atoms with Crippen molar-refractivity contribution >= 4 is 34.8 Å². The molecule has 2 rings (SSSR count). The van der Waals surface area contributed by atoms with Crippen molar-refractivity contribution in [3.8, 4) is 0 Å². The van der Waals surface area contributed by atoms with Crippen LogP contribution in [0.3, 0.4) is 0 Å². The third-order valence-electron chi connectivity index (χ3n) is 3.01. The number of carbonyl (C=O) groups is 2. The monoisotopic (exact) mass is 328 g/mol. The molecule has 10 heteroatoms. The Hall–Kier alpha value is -3.50. The minimum Gasteiger partial charge on any atom is -0.350 e. The number of benzene rings is 2. The van der Waals surface area contributed by atoms with Gasteiger partial charge in [-0.2, -0.15) is 10.2 Å². The van der Waals surface area contributed by atoms with Crippen molar-refractivity contribution in [2.75, 3.05) is 10.0 Å². The summed E-state index contributed by atoms with van der Waals surface area (Å²) in [6.45, 7) is 0. The van der Waals surface area contributed by atoms with Crippen molar-refractivity contribution in [3.63, 3.8) is 0 Å². The molecule has 0 aliphatic carbocycles. The fraction of sp³-hybridized carbons (Fsp3) is 0. The third kappa shape index (κ3) is 4.03. The van der Waals surface area contributed by atoms with E-state index in [1.807, 2.05) is 0 Å². The summed E-state index contributed by atoms with van der Waals surface area (Å²) >= 11 is 0. The molecule has 0 aliphatic heterocycles. The van der Waals surface area contributed by atoms with E-state index in [1.54, 1.807) is 48.5 Å². The van der Waals surface area contributed by atoms with Crippen LogP contribution >= 0.6 is 0 Å². The molecule has 0 saturated carbocycles. The van der Waals surface area contributed by atoms with Gasteiger partial charge in [-0.15, -0.1) is 0 Å². The largest absolute Gasteiger partial charge is 0.350 e. The Kier molecular flexibility index (Phi) is 5.04. The highest BCUT2D eigenvalue weighted by Crippen LogP contribution is 2.23. The second kappa shape index (κ2) is 7.17. The van der Waals surface area contributed by atoms with Crippen molar-refractivity contribution in [1.82, 2.24) is 0 Å². The van der Waals surface area contributed by atoms with Gasteiger partial charge in [-0.1, -0.05) is 0 Å². The van der Waals surface area contributed by atoms with Crippen molar-refractivity contribution in [1.29, 1.82) is 0 Å². The molecule has 0 unspecified atom stereocenters. The first kappa shape index (κ1) is 16.9. The summed E-state index contributed by atoms with van der Waals surface area (Å²) in [5, 5.41) is 9.72. The Morgan fingerprint density at radius 3 is 1.21 bits per heavy atom. The summed E-state index contributed by atoms with van der Waals surface area (Å²) in [6, 6.07) is 11.3. The van der Waals surface area contributed by atoms with Gasteiger partial charge in [0, 0.05) is 0 Å². The van der Waals surface area contributed by atoms with Gasteiger partial charge in [-0.3, -0.25) is 0 Å². The fourth-order valence-electron chi connectivity index (χ4n) is 1.73. The zero-order valence-electron chi connectivity index (χ0n) is 12.5. The summed E-state index contributed by atoms with van der Waals surface area (Å²) in [7, 11) is 0. The van der Waals surface area contributed by atoms with E-state index >= 15 is 0 Å². The van der Waals surface area contributed by atoms with Crippen LogP contribution in [0.2, 0.25) is 0 Å². The molecule has 0 heterocycles. The van der Waals surface area contributed by atoms with Gasteiger partial charge in [0.1, 0.15) is 0 Å². The fourth-order valence-corrected chi connectivity index (χ4v) is 1.73. The maximum atomic E-state index is 11.0. The summed E-state index contributed by atoms with van der Waals surface area (Å²) in [5.74, 6) is 10.9. The summed E-state index contributed by atoms with van der Waals surface area (Å²) in [5.41, 5.74) is 12.1. The number of amides is 4. The number of carbonyl (C=O) groups excluding carboxylic acids is 2. The first-order valence-electron chi connectivity index (χ1n) is 6.69. The average Bonchev–Trinajstić information content (AvgIpc) is 2.59. The highest BCUT2D eigenvalue weighted by molar-refractivity contribution is 5.90. The molecule has 0 radical (unpaired) electrons. The lowest BCUT2D eigenvalue weighted by Gasteiger charge is -2.13. The minimum absolute atomic E-state index is 0.431. The number of hydrogen-bond donors (Lipinski definition) is 4. The number of nitrogens with zero attached hydrogens (tertiary/aromatic N) is 4. The van der Waals surface area contributed by atoms with Gasteiger partial charge >= 0.3 is 12.1 Å². The summed E-state index contributed by atoms with van der Waals surface area (Å²) in [6.07, 6.45) is 0. The molecule has 10 nitrogen and oxygen atoms in total. The van der Waals surface area contributed by atoms with Crippen LogP contribution in [-0.2, 0) is 0 Å². The van der Waals surface area contributed by atoms with Crippen LogP contribution in [0.4, 0.5) is 32.3 Å². The van der Waals surface area contributed by atoms with Gasteiger partial charge in [0.25, 0.3) is 0 Å². The van der Waals surface area contributed by atoms with E-state index < -0.39 is 12.1 Å². The van der Waals surface area contributed by atoms with Crippen molar-refractivity contribution in [2.24, 2.45) is 33.4 Å². The molecule has 8 N–H and O–H groups in total. The lowest BCUT2D eigenvalue weighted by Crippen LogP contribution is -2.41. The quantitative estimate of drug-likeness (QED) is 0.289. The standard InChI is InChI=1S/C14H16N8O2/c15-13(23)21(17)11-5-1-9(2-6-11)19-20-10-3-7-12(8-4-10)22(18)14(16)24/h1-8H,17-18H2,(H2,15,23)(H2,16,24)/b20-19+. The molecule has 0 aromatic heterocycles. The Morgan fingerprint density at radius 1 is 0.667 bits per heavy atom. The average molecular weight is 328 g/mol. The Morgan fingerprint density at radius 2 is 0.958 bits per heavy atom. The van der Waals surface area contributed by atoms with Gasteiger partial charge < -0.3 is 11.5 Å². The van der Waals surface area contributed by atoms with Crippen LogP contribution in [0.25, 0.3) is 0 Å². The van der Waals surface area contributed by atoms with Gasteiger partial charge in [0.2, 0.25) is 0 Å². The predicted octanol–water partition coefficient (Wildman–Crippen LogP) is 1.62. The smallest absolute Gasteiger partial charge is 0.333 e. The van der Waals surface area contributed by atoms with Crippen LogP contribution in [0, 0.1) is 0 Å². The normalized spacial score (nSPS) is 10.6. The molecule has 0 saturated heterocycles. The van der Waals surface area contributed by atoms with Crippen LogP contribution in [0.1, 0.15) is 0 Å². The molecule has 24 heavy (non-hydrogen) atoms. The second-order valence-corrected chi connectivity index (χ2v) is 4.65. The number of azo groups is 1. The Labute approximate surface area is 137 Å². The number of hydrogen-bond acceptors (Lipinski definition) is 6. The Balaban J connectivity index is 2.08. The number of primary amides is 2. The van der Waals surface area contributed by atoms with Crippen LogP contribution in [-0.4, -0.2) is 12.1 Å². The van der Waals surface area contributed by atoms with E-state index in [9.17, 15) is 9.59 Å². The zero-order valence-corrected chi connectivity index (χ0v) is 12.5. The van der Waals surface area contributed by atoms with Crippen molar-refractivity contribution in [3.05, 3.63) is 48.5 Å². The molecule has 0 fully saturated rings. The van der Waals surface area contributed by atoms with Crippen molar-refractivity contribution < 1.29 is 9.59 Å². The first-order valence-corrected chi connectivity index (χ1v) is 6.69. The molecular formula is C14H16N8O2. The molecule has 2 aromatic carbocycles.